The molecule has 2 amide bonds. The molecule has 0 fully saturated rings. The molecule has 0 atom stereocenters. The zero-order valence-corrected chi connectivity index (χ0v) is 15.3. The van der Waals surface area contributed by atoms with Crippen LogP contribution in [0.5, 0.6) is 0 Å². The Bertz CT molecular complexity index is 631. The third-order valence-corrected chi connectivity index (χ3v) is 3.32. The maximum absolute atomic E-state index is 12.2. The highest BCUT2D eigenvalue weighted by Gasteiger charge is 2.28. The fraction of sp³-hybridized carbons (Fsp3) is 0.444. The smallest absolute Gasteiger partial charge is 0.401 e. The average molecular weight is 387 g/mol. The summed E-state index contributed by atoms with van der Waals surface area (Å²) in [6.45, 7) is 1.53. The number of anilines is 1. The van der Waals surface area contributed by atoms with Gasteiger partial charge in [-0.05, 0) is 50.7 Å². The summed E-state index contributed by atoms with van der Waals surface area (Å²) in [5.41, 5.74) is 1.32. The van der Waals surface area contributed by atoms with E-state index in [1.807, 2.05) is 0 Å². The molecule has 0 spiro atoms. The summed E-state index contributed by atoms with van der Waals surface area (Å²) < 4.78 is 41.3. The highest BCUT2D eigenvalue weighted by atomic mass is 19.4. The Morgan fingerprint density at radius 3 is 2.48 bits per heavy atom. The molecule has 0 aliphatic heterocycles. The van der Waals surface area contributed by atoms with Crippen molar-refractivity contribution in [2.75, 3.05) is 38.6 Å². The minimum atomic E-state index is -4.22. The lowest BCUT2D eigenvalue weighted by molar-refractivity contribution is -0.143. The van der Waals surface area contributed by atoms with E-state index in [1.54, 1.807) is 37.3 Å². The Morgan fingerprint density at radius 2 is 1.89 bits per heavy atom. The molecule has 0 heterocycles. The molecule has 6 nitrogen and oxygen atoms in total. The molecule has 0 aliphatic carbocycles. The molecule has 0 aliphatic rings. The van der Waals surface area contributed by atoms with E-state index in [0.29, 0.717) is 18.7 Å². The van der Waals surface area contributed by atoms with E-state index in [0.717, 1.165) is 10.5 Å². The number of hydrogen-bond donors (Lipinski definition) is 2. The lowest BCUT2D eigenvalue weighted by Gasteiger charge is -2.18. The zero-order chi connectivity index (χ0) is 20.3. The first-order chi connectivity index (χ1) is 12.7. The second-order valence-corrected chi connectivity index (χ2v) is 5.79. The Balaban J connectivity index is 2.31. The molecule has 0 bridgehead atoms. The van der Waals surface area contributed by atoms with Gasteiger partial charge in [0.2, 0.25) is 0 Å². The molecule has 0 saturated carbocycles. The van der Waals surface area contributed by atoms with Gasteiger partial charge in [-0.3, -0.25) is 4.90 Å². The number of benzene rings is 1. The van der Waals surface area contributed by atoms with Crippen LogP contribution in [0.15, 0.2) is 30.3 Å². The van der Waals surface area contributed by atoms with Crippen molar-refractivity contribution in [1.29, 1.82) is 0 Å². The standard InChI is InChI=1S/C18H24F3N3O3/c1-3-27-16(25)10-7-14-5-8-15(9-6-14)23-17(26)22-11-4-12-24(2)13-18(19,20)21/h5-10H,3-4,11-13H2,1-2H3,(H2,22,23,26)/b10-7+. The van der Waals surface area contributed by atoms with Crippen molar-refractivity contribution in [3.05, 3.63) is 35.9 Å². The Hall–Kier alpha value is -2.55. The zero-order valence-electron chi connectivity index (χ0n) is 15.3. The van der Waals surface area contributed by atoms with Crippen LogP contribution in [-0.4, -0.2) is 56.4 Å². The molecular weight excluding hydrogens is 363 g/mol. The van der Waals surface area contributed by atoms with Crippen molar-refractivity contribution >= 4 is 23.8 Å². The van der Waals surface area contributed by atoms with Gasteiger partial charge in [0, 0.05) is 18.3 Å². The third-order valence-electron chi connectivity index (χ3n) is 3.32. The summed E-state index contributed by atoms with van der Waals surface area (Å²) in [6, 6.07) is 6.33. The topological polar surface area (TPSA) is 70.7 Å². The second-order valence-electron chi connectivity index (χ2n) is 5.79. The molecule has 1 rings (SSSR count). The first-order valence-electron chi connectivity index (χ1n) is 8.44. The van der Waals surface area contributed by atoms with E-state index in [2.05, 4.69) is 10.6 Å². The maximum atomic E-state index is 12.2. The Labute approximate surface area is 156 Å². The van der Waals surface area contributed by atoms with Gasteiger partial charge in [-0.2, -0.15) is 13.2 Å². The molecule has 0 saturated heterocycles. The fourth-order valence-corrected chi connectivity index (χ4v) is 2.14. The lowest BCUT2D eigenvalue weighted by Crippen LogP contribution is -2.34. The number of hydrogen-bond acceptors (Lipinski definition) is 4. The van der Waals surface area contributed by atoms with Gasteiger partial charge in [0.1, 0.15) is 0 Å². The predicted octanol–water partition coefficient (Wildman–Crippen LogP) is 3.27. The van der Waals surface area contributed by atoms with Crippen molar-refractivity contribution in [1.82, 2.24) is 10.2 Å². The molecular formula is C18H24F3N3O3. The molecule has 0 aromatic heterocycles. The molecule has 27 heavy (non-hydrogen) atoms. The monoisotopic (exact) mass is 387 g/mol. The quantitative estimate of drug-likeness (QED) is 0.388. The van der Waals surface area contributed by atoms with Crippen molar-refractivity contribution in [2.24, 2.45) is 0 Å². The fourth-order valence-electron chi connectivity index (χ4n) is 2.14. The average Bonchev–Trinajstić information content (AvgIpc) is 2.57. The van der Waals surface area contributed by atoms with Crippen molar-refractivity contribution < 1.29 is 27.5 Å². The SMILES string of the molecule is CCOC(=O)/C=C/c1ccc(NC(=O)NCCCN(C)CC(F)(F)F)cc1. The molecule has 1 aromatic rings. The van der Waals surface area contributed by atoms with Crippen molar-refractivity contribution in [3.63, 3.8) is 0 Å². The number of rotatable bonds is 9. The van der Waals surface area contributed by atoms with Crippen LogP contribution in [0.2, 0.25) is 0 Å². The number of nitrogens with zero attached hydrogens (tertiary/aromatic N) is 1. The van der Waals surface area contributed by atoms with Crippen LogP contribution in [-0.2, 0) is 9.53 Å². The van der Waals surface area contributed by atoms with Crippen LogP contribution in [0.25, 0.3) is 6.08 Å². The van der Waals surface area contributed by atoms with Crippen LogP contribution in [0, 0.1) is 0 Å². The van der Waals surface area contributed by atoms with Gasteiger partial charge in [0.05, 0.1) is 13.2 Å². The molecule has 0 radical (unpaired) electrons. The first kappa shape index (κ1) is 22.5. The van der Waals surface area contributed by atoms with E-state index < -0.39 is 24.7 Å². The highest BCUT2D eigenvalue weighted by Crippen LogP contribution is 2.15. The number of nitrogens with one attached hydrogen (secondary N) is 2. The summed E-state index contributed by atoms with van der Waals surface area (Å²) in [6.07, 6.45) is -0.914. The predicted molar refractivity (Wildman–Crippen MR) is 97.3 cm³/mol. The number of carbonyl (C=O) groups is 2. The molecule has 1 aromatic carbocycles. The Kier molecular flexibility index (Phi) is 9.35. The van der Waals surface area contributed by atoms with E-state index in [1.165, 1.54) is 13.1 Å². The van der Waals surface area contributed by atoms with Crippen LogP contribution >= 0.6 is 0 Å². The largest absolute Gasteiger partial charge is 0.463 e. The number of amides is 2. The van der Waals surface area contributed by atoms with Crippen molar-refractivity contribution in [3.8, 4) is 0 Å². The Morgan fingerprint density at radius 1 is 1.22 bits per heavy atom. The van der Waals surface area contributed by atoms with Crippen LogP contribution in [0.3, 0.4) is 0 Å². The molecule has 150 valence electrons. The minimum absolute atomic E-state index is 0.223. The summed E-state index contributed by atoms with van der Waals surface area (Å²) in [5.74, 6) is -0.431. The first-order valence-corrected chi connectivity index (χ1v) is 8.44. The molecule has 0 unspecified atom stereocenters. The normalized spacial score (nSPS) is 11.6. The van der Waals surface area contributed by atoms with Crippen LogP contribution in [0.1, 0.15) is 18.9 Å². The van der Waals surface area contributed by atoms with Crippen molar-refractivity contribution in [2.45, 2.75) is 19.5 Å². The van der Waals surface area contributed by atoms with Gasteiger partial charge in [0.15, 0.2) is 0 Å². The lowest BCUT2D eigenvalue weighted by atomic mass is 10.2. The second kappa shape index (κ2) is 11.2. The van der Waals surface area contributed by atoms with Gasteiger partial charge < -0.3 is 15.4 Å². The number of ether oxygens (including phenoxy) is 1. The van der Waals surface area contributed by atoms with Gasteiger partial charge >= 0.3 is 18.2 Å². The van der Waals surface area contributed by atoms with Gasteiger partial charge in [0.25, 0.3) is 0 Å². The van der Waals surface area contributed by atoms with Gasteiger partial charge in [-0.25, -0.2) is 9.59 Å². The highest BCUT2D eigenvalue weighted by molar-refractivity contribution is 5.90. The summed E-state index contributed by atoms with van der Waals surface area (Å²) in [5, 5.41) is 5.21. The van der Waals surface area contributed by atoms with Gasteiger partial charge in [-0.1, -0.05) is 12.1 Å². The molecule has 9 heteroatoms. The van der Waals surface area contributed by atoms with E-state index in [-0.39, 0.29) is 13.1 Å². The summed E-state index contributed by atoms with van der Waals surface area (Å²) in [7, 11) is 1.38. The summed E-state index contributed by atoms with van der Waals surface area (Å²) >= 11 is 0. The number of carbonyl (C=O) groups excluding carboxylic acids is 2. The number of halogens is 3. The van der Waals surface area contributed by atoms with Crippen LogP contribution in [0.4, 0.5) is 23.7 Å². The van der Waals surface area contributed by atoms with E-state index in [9.17, 15) is 22.8 Å². The van der Waals surface area contributed by atoms with Crippen LogP contribution < -0.4 is 10.6 Å². The maximum Gasteiger partial charge on any atom is 0.401 e. The summed E-state index contributed by atoms with van der Waals surface area (Å²) in [4.78, 5) is 24.2. The molecule has 2 N–H and O–H groups in total. The van der Waals surface area contributed by atoms with Gasteiger partial charge in [-0.15, -0.1) is 0 Å². The number of alkyl halides is 3. The third kappa shape index (κ3) is 10.9. The number of esters is 1. The number of urea groups is 1. The van der Waals surface area contributed by atoms with E-state index >= 15 is 0 Å². The minimum Gasteiger partial charge on any atom is -0.463 e. The van der Waals surface area contributed by atoms with E-state index in [4.69, 9.17) is 4.74 Å².